The van der Waals surface area contributed by atoms with Crippen LogP contribution in [0.2, 0.25) is 0 Å². The number of carbonyl (C=O) groups excluding carboxylic acids is 2. The molecule has 1 aromatic heterocycles. The maximum absolute atomic E-state index is 13.0. The number of phenolic OH excluding ortho intramolecular Hbond substituents is 2. The lowest BCUT2D eigenvalue weighted by atomic mass is 9.88. The number of aromatic hydroxyl groups is 2. The van der Waals surface area contributed by atoms with Crippen LogP contribution in [0.1, 0.15) is 55.9 Å². The van der Waals surface area contributed by atoms with E-state index >= 15 is 0 Å². The number of nitrogens with zero attached hydrogens (tertiary/aromatic N) is 3. The fourth-order valence-corrected chi connectivity index (χ4v) is 5.90. The monoisotopic (exact) mass is 577 g/mol. The minimum atomic E-state index is -0.348. The number of amides is 2. The molecule has 2 aromatic carbocycles. The molecule has 1 saturated carbocycles. The van der Waals surface area contributed by atoms with Crippen molar-refractivity contribution in [1.29, 1.82) is 0 Å². The van der Waals surface area contributed by atoms with Gasteiger partial charge in [-0.05, 0) is 62.8 Å². The van der Waals surface area contributed by atoms with E-state index in [0.29, 0.717) is 11.8 Å². The molecule has 3 aromatic rings. The third-order valence-electron chi connectivity index (χ3n) is 8.12. The van der Waals surface area contributed by atoms with Crippen LogP contribution < -0.4 is 20.3 Å². The van der Waals surface area contributed by atoms with Crippen molar-refractivity contribution in [3.8, 4) is 34.3 Å². The first-order chi connectivity index (χ1) is 20.2. The topological polar surface area (TPSA) is 140 Å². The third kappa shape index (κ3) is 6.96. The van der Waals surface area contributed by atoms with Gasteiger partial charge in [-0.1, -0.05) is 5.16 Å². The summed E-state index contributed by atoms with van der Waals surface area (Å²) in [6, 6.07) is 12.2. The summed E-state index contributed by atoms with van der Waals surface area (Å²) < 4.78 is 11.5. The number of hydrogen-bond acceptors (Lipinski definition) is 9. The molecule has 1 saturated heterocycles. The number of rotatable bonds is 8. The molecular formula is C31H39N5O6. The molecule has 2 fully saturated rings. The Morgan fingerprint density at radius 1 is 0.952 bits per heavy atom. The van der Waals surface area contributed by atoms with Crippen molar-refractivity contribution in [3.63, 3.8) is 0 Å². The molecule has 0 unspecified atom stereocenters. The summed E-state index contributed by atoms with van der Waals surface area (Å²) in [5.74, 6) is 0.0378. The van der Waals surface area contributed by atoms with Crippen LogP contribution in [0.25, 0.3) is 11.3 Å². The van der Waals surface area contributed by atoms with Gasteiger partial charge in [-0.25, -0.2) is 0 Å². The van der Waals surface area contributed by atoms with Crippen LogP contribution in [0, 0.1) is 0 Å². The highest BCUT2D eigenvalue weighted by molar-refractivity contribution is 5.93. The van der Waals surface area contributed by atoms with Crippen LogP contribution in [-0.2, 0) is 4.79 Å². The van der Waals surface area contributed by atoms with Crippen molar-refractivity contribution in [2.24, 2.45) is 0 Å². The minimum absolute atomic E-state index is 0.0238. The Labute approximate surface area is 245 Å². The first-order valence-electron chi connectivity index (χ1n) is 14.5. The maximum Gasteiger partial charge on any atom is 0.273 e. The second kappa shape index (κ2) is 12.7. The van der Waals surface area contributed by atoms with Crippen LogP contribution in [0.15, 0.2) is 47.0 Å². The van der Waals surface area contributed by atoms with E-state index in [4.69, 9.17) is 9.26 Å². The average molecular weight is 578 g/mol. The van der Waals surface area contributed by atoms with E-state index in [2.05, 4.69) is 20.7 Å². The van der Waals surface area contributed by atoms with Crippen molar-refractivity contribution in [2.45, 2.75) is 63.6 Å². The molecule has 0 bridgehead atoms. The van der Waals surface area contributed by atoms with E-state index in [9.17, 15) is 19.8 Å². The molecule has 224 valence electrons. The van der Waals surface area contributed by atoms with Gasteiger partial charge in [0.25, 0.3) is 5.91 Å². The molecule has 0 radical (unpaired) electrons. The number of anilines is 1. The highest BCUT2D eigenvalue weighted by Gasteiger charge is 2.30. The standard InChI is InChI=1S/C31H39N5O6/c1-19(37)32-20-4-6-23(7-5-20)36-14-12-21(13-15-36)33-31(40)26-18-29(42-34-26)30-27(39)16-24(38)17-28(30)41-25-10-8-22(9-11-25)35(2)3/h8-11,16-18,20-21,23,38-39H,4-7,12-15H2,1-3H3,(H,32,37)(H,33,40). The Morgan fingerprint density at radius 2 is 1.62 bits per heavy atom. The molecule has 2 amide bonds. The first kappa shape index (κ1) is 29.2. The number of nitrogens with one attached hydrogen (secondary N) is 2. The zero-order chi connectivity index (χ0) is 29.8. The van der Waals surface area contributed by atoms with Crippen LogP contribution >= 0.6 is 0 Å². The number of carbonyl (C=O) groups is 2. The Bertz CT molecular complexity index is 1390. The molecule has 4 N–H and O–H groups in total. The van der Waals surface area contributed by atoms with E-state index in [0.717, 1.165) is 57.3 Å². The lowest BCUT2D eigenvalue weighted by Crippen LogP contribution is -2.50. The predicted octanol–water partition coefficient (Wildman–Crippen LogP) is 4.25. The Hall–Kier alpha value is -4.25. The lowest BCUT2D eigenvalue weighted by molar-refractivity contribution is -0.119. The van der Waals surface area contributed by atoms with Gasteiger partial charge in [-0.2, -0.15) is 0 Å². The van der Waals surface area contributed by atoms with Gasteiger partial charge < -0.3 is 39.9 Å². The largest absolute Gasteiger partial charge is 0.508 e. The zero-order valence-electron chi connectivity index (χ0n) is 24.3. The van der Waals surface area contributed by atoms with Gasteiger partial charge in [-0.3, -0.25) is 9.59 Å². The minimum Gasteiger partial charge on any atom is -0.508 e. The molecule has 2 heterocycles. The normalized spacial score (nSPS) is 19.7. The summed E-state index contributed by atoms with van der Waals surface area (Å²) in [5.41, 5.74) is 1.26. The second-order valence-corrected chi connectivity index (χ2v) is 11.4. The maximum atomic E-state index is 13.0. The molecule has 0 atom stereocenters. The smallest absolute Gasteiger partial charge is 0.273 e. The number of ether oxygens (including phenoxy) is 1. The number of phenols is 2. The summed E-state index contributed by atoms with van der Waals surface area (Å²) in [6.45, 7) is 3.38. The third-order valence-corrected chi connectivity index (χ3v) is 8.12. The quantitative estimate of drug-likeness (QED) is 0.309. The van der Waals surface area contributed by atoms with Gasteiger partial charge in [-0.15, -0.1) is 0 Å². The van der Waals surface area contributed by atoms with Crippen LogP contribution in [0.3, 0.4) is 0 Å². The molecule has 0 spiro atoms. The van der Waals surface area contributed by atoms with E-state index in [-0.39, 0.29) is 58.2 Å². The van der Waals surface area contributed by atoms with E-state index < -0.39 is 0 Å². The molecule has 11 nitrogen and oxygen atoms in total. The summed E-state index contributed by atoms with van der Waals surface area (Å²) in [6.07, 6.45) is 5.82. The summed E-state index contributed by atoms with van der Waals surface area (Å²) in [7, 11) is 3.87. The molecule has 5 rings (SSSR count). The fourth-order valence-electron chi connectivity index (χ4n) is 5.90. The molecule has 1 aliphatic heterocycles. The van der Waals surface area contributed by atoms with E-state index in [1.54, 1.807) is 19.1 Å². The van der Waals surface area contributed by atoms with Gasteiger partial charge in [0.15, 0.2) is 11.5 Å². The average Bonchev–Trinajstić information content (AvgIpc) is 3.43. The SMILES string of the molecule is CC(=O)NC1CCC(N2CCC(NC(=O)c3cc(-c4c(O)cc(O)cc4Oc4ccc(N(C)C)cc4)on3)CC2)CC1. The second-order valence-electron chi connectivity index (χ2n) is 11.4. The molecule has 11 heteroatoms. The molecule has 1 aliphatic carbocycles. The van der Waals surface area contributed by atoms with Gasteiger partial charge in [0.1, 0.15) is 28.6 Å². The lowest BCUT2D eigenvalue weighted by Gasteiger charge is -2.41. The number of likely N-dealkylation sites (tertiary alicyclic amines) is 1. The van der Waals surface area contributed by atoms with Crippen molar-refractivity contribution < 1.29 is 29.1 Å². The number of aromatic nitrogens is 1. The van der Waals surface area contributed by atoms with Crippen molar-refractivity contribution in [2.75, 3.05) is 32.1 Å². The van der Waals surface area contributed by atoms with Crippen LogP contribution in [0.5, 0.6) is 23.0 Å². The van der Waals surface area contributed by atoms with Crippen molar-refractivity contribution in [1.82, 2.24) is 20.7 Å². The molecular weight excluding hydrogens is 538 g/mol. The van der Waals surface area contributed by atoms with E-state index in [1.807, 2.05) is 31.1 Å². The summed E-state index contributed by atoms with van der Waals surface area (Å²) >= 11 is 0. The summed E-state index contributed by atoms with van der Waals surface area (Å²) in [4.78, 5) is 28.8. The Morgan fingerprint density at radius 3 is 2.26 bits per heavy atom. The Kier molecular flexibility index (Phi) is 8.86. The number of piperidine rings is 1. The first-order valence-corrected chi connectivity index (χ1v) is 14.5. The van der Waals surface area contributed by atoms with Crippen molar-refractivity contribution >= 4 is 17.5 Å². The zero-order valence-corrected chi connectivity index (χ0v) is 24.3. The fraction of sp³-hybridized carbons (Fsp3) is 0.452. The molecule has 42 heavy (non-hydrogen) atoms. The van der Waals surface area contributed by atoms with Crippen LogP contribution in [-0.4, -0.2) is 77.4 Å². The van der Waals surface area contributed by atoms with Crippen LogP contribution in [0.4, 0.5) is 5.69 Å². The van der Waals surface area contributed by atoms with Crippen molar-refractivity contribution in [3.05, 3.63) is 48.2 Å². The highest BCUT2D eigenvalue weighted by atomic mass is 16.5. The van der Waals surface area contributed by atoms with E-state index in [1.165, 1.54) is 18.2 Å². The Balaban J connectivity index is 1.19. The summed E-state index contributed by atoms with van der Waals surface area (Å²) in [5, 5.41) is 30.8. The number of benzene rings is 2. The van der Waals surface area contributed by atoms with Gasteiger partial charge in [0.2, 0.25) is 5.91 Å². The highest BCUT2D eigenvalue weighted by Crippen LogP contribution is 2.43. The van der Waals surface area contributed by atoms with Gasteiger partial charge in [0, 0.05) is 76.1 Å². The van der Waals surface area contributed by atoms with Gasteiger partial charge in [0.05, 0.1) is 0 Å². The predicted molar refractivity (Wildman–Crippen MR) is 158 cm³/mol. The molecule has 2 aliphatic rings. The number of hydrogen-bond donors (Lipinski definition) is 4. The van der Waals surface area contributed by atoms with Gasteiger partial charge >= 0.3 is 0 Å².